The fourth-order valence-electron chi connectivity index (χ4n) is 3.81. The van der Waals surface area contributed by atoms with Crippen molar-refractivity contribution < 1.29 is 9.90 Å². The highest BCUT2D eigenvalue weighted by molar-refractivity contribution is 6.30. The van der Waals surface area contributed by atoms with E-state index in [1.165, 1.54) is 0 Å². The van der Waals surface area contributed by atoms with Gasteiger partial charge in [0.25, 0.3) is 0 Å². The van der Waals surface area contributed by atoms with Gasteiger partial charge in [-0.1, -0.05) is 35.9 Å². The number of aliphatic carboxylic acids is 1. The predicted molar refractivity (Wildman–Crippen MR) is 104 cm³/mol. The van der Waals surface area contributed by atoms with Crippen molar-refractivity contribution in [3.05, 3.63) is 53.1 Å². The molecule has 0 amide bonds. The van der Waals surface area contributed by atoms with Crippen molar-refractivity contribution in [2.24, 2.45) is 10.9 Å². The molecule has 2 heterocycles. The minimum atomic E-state index is -0.723. The third-order valence-corrected chi connectivity index (χ3v) is 5.36. The summed E-state index contributed by atoms with van der Waals surface area (Å²) in [5, 5.41) is 13.3. The molecular weight excluding hydrogens is 350 g/mol. The molecule has 1 saturated heterocycles. The van der Waals surface area contributed by atoms with Crippen LogP contribution in [0.25, 0.3) is 11.1 Å². The van der Waals surface area contributed by atoms with Crippen LogP contribution in [0, 0.1) is 5.92 Å². The summed E-state index contributed by atoms with van der Waals surface area (Å²) in [6.07, 6.45) is 3.13. The lowest BCUT2D eigenvalue weighted by Gasteiger charge is -2.37. The van der Waals surface area contributed by atoms with E-state index < -0.39 is 5.97 Å². The lowest BCUT2D eigenvalue weighted by molar-refractivity contribution is -0.143. The monoisotopic (exact) mass is 369 g/mol. The lowest BCUT2D eigenvalue weighted by atomic mass is 9.92. The maximum absolute atomic E-state index is 11.5. The molecule has 2 aliphatic rings. The Morgan fingerprint density at radius 3 is 2.81 bits per heavy atom. The normalized spacial score (nSPS) is 22.5. The molecule has 2 unspecified atom stereocenters. The molecule has 6 heteroatoms. The number of benzene rings is 2. The summed E-state index contributed by atoms with van der Waals surface area (Å²) in [6, 6.07) is 13.9. The summed E-state index contributed by atoms with van der Waals surface area (Å²) < 4.78 is 0. The summed E-state index contributed by atoms with van der Waals surface area (Å²) in [4.78, 5) is 18.3. The highest BCUT2D eigenvalue weighted by atomic mass is 35.5. The van der Waals surface area contributed by atoms with E-state index in [1.807, 2.05) is 36.4 Å². The molecule has 0 aliphatic carbocycles. The van der Waals surface area contributed by atoms with Gasteiger partial charge in [0.05, 0.1) is 12.3 Å². The van der Waals surface area contributed by atoms with Crippen LogP contribution >= 0.6 is 11.6 Å². The first-order valence-electron chi connectivity index (χ1n) is 8.77. The Morgan fingerprint density at radius 2 is 2.04 bits per heavy atom. The van der Waals surface area contributed by atoms with E-state index in [0.717, 1.165) is 41.8 Å². The molecule has 134 valence electrons. The van der Waals surface area contributed by atoms with Crippen LogP contribution in [0.15, 0.2) is 47.5 Å². The molecule has 26 heavy (non-hydrogen) atoms. The fraction of sp³-hybridized carbons (Fsp3) is 0.300. The Labute approximate surface area is 157 Å². The van der Waals surface area contributed by atoms with Gasteiger partial charge in [0, 0.05) is 29.4 Å². The smallest absolute Gasteiger partial charge is 0.307 e. The van der Waals surface area contributed by atoms with Crippen molar-refractivity contribution in [1.82, 2.24) is 4.90 Å². The van der Waals surface area contributed by atoms with Crippen molar-refractivity contribution in [1.29, 1.82) is 0 Å². The first kappa shape index (κ1) is 17.1. The molecule has 2 atom stereocenters. The highest BCUT2D eigenvalue weighted by Crippen LogP contribution is 2.40. The van der Waals surface area contributed by atoms with Crippen LogP contribution in [0.2, 0.25) is 5.02 Å². The van der Waals surface area contributed by atoms with E-state index in [9.17, 15) is 9.90 Å². The standard InChI is InChI=1S/C20H20ClN3O2/c21-15-8-6-13(7-9-15)16-4-1-5-17-18(16)19(23-12-22-17)24-10-2-3-14(11-24)20(25)26/h1,4-9,12,14,19H,2-3,10-11H2,(H,22,23)(H,25,26). The van der Waals surface area contributed by atoms with E-state index in [1.54, 1.807) is 6.34 Å². The fourth-order valence-corrected chi connectivity index (χ4v) is 3.94. The molecule has 0 spiro atoms. The number of nitrogens with zero attached hydrogens (tertiary/aromatic N) is 2. The van der Waals surface area contributed by atoms with E-state index in [4.69, 9.17) is 11.6 Å². The molecule has 0 radical (unpaired) electrons. The Kier molecular flexibility index (Phi) is 4.66. The minimum Gasteiger partial charge on any atom is -0.481 e. The van der Waals surface area contributed by atoms with Crippen LogP contribution in [-0.4, -0.2) is 35.4 Å². The van der Waals surface area contributed by atoms with E-state index in [0.29, 0.717) is 11.6 Å². The van der Waals surface area contributed by atoms with Gasteiger partial charge in [0.2, 0.25) is 0 Å². The maximum Gasteiger partial charge on any atom is 0.307 e. The largest absolute Gasteiger partial charge is 0.481 e. The number of anilines is 1. The number of carboxylic acid groups (broad SMARTS) is 1. The molecule has 2 aromatic carbocycles. The van der Waals surface area contributed by atoms with Crippen LogP contribution in [0.5, 0.6) is 0 Å². The summed E-state index contributed by atoms with van der Waals surface area (Å²) >= 11 is 6.04. The Morgan fingerprint density at radius 1 is 1.23 bits per heavy atom. The van der Waals surface area contributed by atoms with Gasteiger partial charge in [0.1, 0.15) is 6.17 Å². The zero-order valence-corrected chi connectivity index (χ0v) is 15.0. The molecule has 2 aliphatic heterocycles. The van der Waals surface area contributed by atoms with Crippen molar-refractivity contribution in [2.45, 2.75) is 19.0 Å². The lowest BCUT2D eigenvalue weighted by Crippen LogP contribution is -2.41. The number of nitrogens with one attached hydrogen (secondary N) is 1. The van der Waals surface area contributed by atoms with Gasteiger partial charge in [-0.25, -0.2) is 0 Å². The van der Waals surface area contributed by atoms with Gasteiger partial charge in [-0.2, -0.15) is 0 Å². The van der Waals surface area contributed by atoms with Crippen molar-refractivity contribution in [3.8, 4) is 11.1 Å². The van der Waals surface area contributed by atoms with E-state index >= 15 is 0 Å². The first-order chi connectivity index (χ1) is 12.6. The summed E-state index contributed by atoms with van der Waals surface area (Å²) in [7, 11) is 0. The topological polar surface area (TPSA) is 64.9 Å². The number of carboxylic acids is 1. The van der Waals surface area contributed by atoms with Gasteiger partial charge < -0.3 is 10.4 Å². The molecule has 0 saturated carbocycles. The molecular formula is C20H20ClN3O2. The Balaban J connectivity index is 1.74. The van der Waals surface area contributed by atoms with Crippen molar-refractivity contribution in [2.75, 3.05) is 18.4 Å². The van der Waals surface area contributed by atoms with Gasteiger partial charge in [0.15, 0.2) is 0 Å². The maximum atomic E-state index is 11.5. The first-order valence-corrected chi connectivity index (χ1v) is 9.15. The van der Waals surface area contributed by atoms with Gasteiger partial charge >= 0.3 is 5.97 Å². The summed E-state index contributed by atoms with van der Waals surface area (Å²) in [5.41, 5.74) is 4.26. The number of piperidine rings is 1. The molecule has 1 fully saturated rings. The second-order valence-electron chi connectivity index (χ2n) is 6.74. The zero-order valence-electron chi connectivity index (χ0n) is 14.2. The number of likely N-dealkylation sites (tertiary alicyclic amines) is 1. The highest BCUT2D eigenvalue weighted by Gasteiger charge is 2.33. The van der Waals surface area contributed by atoms with E-state index in [-0.39, 0.29) is 12.1 Å². The van der Waals surface area contributed by atoms with Crippen LogP contribution in [0.4, 0.5) is 5.69 Å². The molecule has 5 nitrogen and oxygen atoms in total. The van der Waals surface area contributed by atoms with E-state index in [2.05, 4.69) is 21.3 Å². The summed E-state index contributed by atoms with van der Waals surface area (Å²) in [6.45, 7) is 1.37. The van der Waals surface area contributed by atoms with Crippen LogP contribution in [0.1, 0.15) is 24.6 Å². The minimum absolute atomic E-state index is 0.180. The quantitative estimate of drug-likeness (QED) is 0.848. The molecule has 0 bridgehead atoms. The number of fused-ring (bicyclic) bond motifs is 1. The van der Waals surface area contributed by atoms with Crippen molar-refractivity contribution in [3.63, 3.8) is 0 Å². The molecule has 2 N–H and O–H groups in total. The van der Waals surface area contributed by atoms with Crippen LogP contribution in [0.3, 0.4) is 0 Å². The Bertz CT molecular complexity index is 851. The predicted octanol–water partition coefficient (Wildman–Crippen LogP) is 4.26. The van der Waals surface area contributed by atoms with Crippen LogP contribution in [-0.2, 0) is 4.79 Å². The van der Waals surface area contributed by atoms with Gasteiger partial charge in [-0.15, -0.1) is 0 Å². The Hall–Kier alpha value is -2.37. The number of rotatable bonds is 3. The summed E-state index contributed by atoms with van der Waals surface area (Å²) in [5.74, 6) is -1.06. The number of halogens is 1. The molecule has 2 aromatic rings. The second kappa shape index (κ2) is 7.09. The molecule has 4 rings (SSSR count). The number of carbonyl (C=O) groups is 1. The van der Waals surface area contributed by atoms with Gasteiger partial charge in [-0.3, -0.25) is 14.7 Å². The average Bonchev–Trinajstić information content (AvgIpc) is 2.68. The van der Waals surface area contributed by atoms with Gasteiger partial charge in [-0.05, 0) is 42.2 Å². The number of hydrogen-bond donors (Lipinski definition) is 2. The van der Waals surface area contributed by atoms with Crippen LogP contribution < -0.4 is 5.32 Å². The SMILES string of the molecule is O=C(O)C1CCCN(C2N=CNc3cccc(-c4ccc(Cl)cc4)c32)C1. The average molecular weight is 370 g/mol. The van der Waals surface area contributed by atoms with Crippen molar-refractivity contribution >= 4 is 29.6 Å². The number of aliphatic imine (C=N–C) groups is 1. The third-order valence-electron chi connectivity index (χ3n) is 5.10. The number of hydrogen-bond acceptors (Lipinski definition) is 4. The second-order valence-corrected chi connectivity index (χ2v) is 7.18. The zero-order chi connectivity index (χ0) is 18.1. The third kappa shape index (κ3) is 3.20. The molecule has 0 aromatic heterocycles.